The van der Waals surface area contributed by atoms with E-state index in [4.69, 9.17) is 0 Å². The maximum atomic E-state index is 11.9. The molecule has 0 fully saturated rings. The van der Waals surface area contributed by atoms with Crippen LogP contribution in [0.25, 0.3) is 0 Å². The third-order valence-electron chi connectivity index (χ3n) is 2.44. The van der Waals surface area contributed by atoms with Crippen LogP contribution in [0.3, 0.4) is 0 Å². The van der Waals surface area contributed by atoms with Crippen molar-refractivity contribution in [2.75, 3.05) is 27.7 Å². The maximum Gasteiger partial charge on any atom is 0.252 e. The highest BCUT2D eigenvalue weighted by atomic mass is 32.2. The fraction of sp³-hybridized carbons (Fsp3) is 0.417. The minimum atomic E-state index is -3.35. The summed E-state index contributed by atoms with van der Waals surface area (Å²) < 4.78 is 25.4. The highest BCUT2D eigenvalue weighted by Gasteiger charge is 2.19. The molecule has 0 radical (unpaired) electrons. The lowest BCUT2D eigenvalue weighted by atomic mass is 10.4. The van der Waals surface area contributed by atoms with Crippen LogP contribution in [0, 0.1) is 0 Å². The first-order valence-corrected chi connectivity index (χ1v) is 8.24. The van der Waals surface area contributed by atoms with Gasteiger partial charge in [-0.05, 0) is 12.1 Å². The van der Waals surface area contributed by atoms with E-state index in [1.807, 2.05) is 0 Å². The summed E-state index contributed by atoms with van der Waals surface area (Å²) >= 11 is 1.25. The zero-order chi connectivity index (χ0) is 15.2. The summed E-state index contributed by atoms with van der Waals surface area (Å²) in [6, 6.07) is 3.42. The molecule has 0 aliphatic carbocycles. The molecule has 1 rings (SSSR count). The number of sulfonamides is 1. The highest BCUT2D eigenvalue weighted by Crippen LogP contribution is 2.23. The Morgan fingerprint density at radius 3 is 2.70 bits per heavy atom. The molecule has 112 valence electrons. The summed E-state index contributed by atoms with van der Waals surface area (Å²) in [5.74, 6) is 0.648. The molecule has 0 saturated heterocycles. The van der Waals surface area contributed by atoms with Crippen molar-refractivity contribution < 1.29 is 8.42 Å². The van der Waals surface area contributed by atoms with Gasteiger partial charge in [0.1, 0.15) is 4.21 Å². The zero-order valence-electron chi connectivity index (χ0n) is 11.9. The SMILES string of the molecule is C=CCNC(=NC)NCc1ccc(S(=O)(=O)N(C)C)s1. The van der Waals surface area contributed by atoms with E-state index in [1.54, 1.807) is 25.3 Å². The van der Waals surface area contributed by atoms with Crippen LogP contribution in [-0.2, 0) is 16.6 Å². The third kappa shape index (κ3) is 4.32. The van der Waals surface area contributed by atoms with Gasteiger partial charge in [-0.3, -0.25) is 4.99 Å². The normalized spacial score (nSPS) is 12.5. The smallest absolute Gasteiger partial charge is 0.252 e. The summed E-state index contributed by atoms with van der Waals surface area (Å²) in [7, 11) is 1.37. The largest absolute Gasteiger partial charge is 0.353 e. The molecule has 2 N–H and O–H groups in total. The van der Waals surface area contributed by atoms with Crippen molar-refractivity contribution in [1.82, 2.24) is 14.9 Å². The van der Waals surface area contributed by atoms with E-state index in [2.05, 4.69) is 22.2 Å². The van der Waals surface area contributed by atoms with Gasteiger partial charge in [0.2, 0.25) is 0 Å². The van der Waals surface area contributed by atoms with Crippen LogP contribution in [0.2, 0.25) is 0 Å². The Balaban J connectivity index is 2.68. The van der Waals surface area contributed by atoms with Crippen molar-refractivity contribution in [1.29, 1.82) is 0 Å². The third-order valence-corrected chi connectivity index (χ3v) is 5.81. The summed E-state index contributed by atoms with van der Waals surface area (Å²) in [6.45, 7) is 4.75. The average Bonchev–Trinajstić information content (AvgIpc) is 2.88. The summed E-state index contributed by atoms with van der Waals surface area (Å²) in [5.41, 5.74) is 0. The lowest BCUT2D eigenvalue weighted by Crippen LogP contribution is -2.36. The van der Waals surface area contributed by atoms with Gasteiger partial charge in [0.15, 0.2) is 5.96 Å². The first kappa shape index (κ1) is 16.7. The molecule has 1 aromatic heterocycles. The Morgan fingerprint density at radius 2 is 2.15 bits per heavy atom. The van der Waals surface area contributed by atoms with Crippen molar-refractivity contribution in [2.45, 2.75) is 10.8 Å². The quantitative estimate of drug-likeness (QED) is 0.463. The Morgan fingerprint density at radius 1 is 1.45 bits per heavy atom. The van der Waals surface area contributed by atoms with Gasteiger partial charge in [-0.2, -0.15) is 0 Å². The number of aliphatic imine (C=N–C) groups is 1. The van der Waals surface area contributed by atoms with E-state index in [0.717, 1.165) is 4.88 Å². The van der Waals surface area contributed by atoms with E-state index in [0.29, 0.717) is 23.3 Å². The molecule has 6 nitrogen and oxygen atoms in total. The predicted octanol–water partition coefficient (Wildman–Crippen LogP) is 0.849. The number of thiophene rings is 1. The van der Waals surface area contributed by atoms with Crippen LogP contribution < -0.4 is 10.6 Å². The Labute approximate surface area is 124 Å². The molecule has 0 bridgehead atoms. The average molecular weight is 316 g/mol. The number of hydrogen-bond donors (Lipinski definition) is 2. The number of nitrogens with one attached hydrogen (secondary N) is 2. The van der Waals surface area contributed by atoms with Crippen molar-refractivity contribution >= 4 is 27.3 Å². The van der Waals surface area contributed by atoms with Crippen LogP contribution in [0.4, 0.5) is 0 Å². The summed E-state index contributed by atoms with van der Waals surface area (Å²) in [5, 5.41) is 6.15. The number of guanidine groups is 1. The van der Waals surface area contributed by atoms with Gasteiger partial charge in [-0.1, -0.05) is 6.08 Å². The first-order chi connectivity index (χ1) is 9.41. The maximum absolute atomic E-state index is 11.9. The molecule has 20 heavy (non-hydrogen) atoms. The molecule has 0 aliphatic rings. The second-order valence-corrected chi connectivity index (χ2v) is 7.65. The van der Waals surface area contributed by atoms with Crippen molar-refractivity contribution in [3.8, 4) is 0 Å². The van der Waals surface area contributed by atoms with Gasteiger partial charge in [-0.15, -0.1) is 17.9 Å². The zero-order valence-corrected chi connectivity index (χ0v) is 13.5. The van der Waals surface area contributed by atoms with Gasteiger partial charge in [0.05, 0.1) is 6.54 Å². The molecule has 0 aliphatic heterocycles. The second-order valence-electron chi connectivity index (χ2n) is 4.10. The molecule has 0 atom stereocenters. The van der Waals surface area contributed by atoms with Gasteiger partial charge in [-0.25, -0.2) is 12.7 Å². The second kappa shape index (κ2) is 7.41. The first-order valence-electron chi connectivity index (χ1n) is 5.98. The van der Waals surface area contributed by atoms with Crippen molar-refractivity contribution in [3.05, 3.63) is 29.7 Å². The van der Waals surface area contributed by atoms with Crippen molar-refractivity contribution in [3.63, 3.8) is 0 Å². The Hall–Kier alpha value is -1.38. The van der Waals surface area contributed by atoms with E-state index >= 15 is 0 Å². The standard InChI is InChI=1S/C12H20N4O2S2/c1-5-8-14-12(13-2)15-9-10-6-7-11(19-10)20(17,18)16(3)4/h5-7H,1,8-9H2,2-4H3,(H2,13,14,15). The molecular weight excluding hydrogens is 296 g/mol. The van der Waals surface area contributed by atoms with Crippen LogP contribution >= 0.6 is 11.3 Å². The summed E-state index contributed by atoms with van der Waals surface area (Å²) in [4.78, 5) is 4.97. The van der Waals surface area contributed by atoms with Gasteiger partial charge in [0.25, 0.3) is 10.0 Å². The van der Waals surface area contributed by atoms with Gasteiger partial charge < -0.3 is 10.6 Å². The molecule has 0 saturated carbocycles. The van der Waals surface area contributed by atoms with Crippen LogP contribution in [-0.4, -0.2) is 46.4 Å². The molecule has 0 aromatic carbocycles. The summed E-state index contributed by atoms with van der Waals surface area (Å²) in [6.07, 6.45) is 1.74. The lowest BCUT2D eigenvalue weighted by molar-refractivity contribution is 0.523. The molecule has 1 heterocycles. The topological polar surface area (TPSA) is 73.8 Å². The number of hydrogen-bond acceptors (Lipinski definition) is 4. The monoisotopic (exact) mass is 316 g/mol. The molecule has 0 spiro atoms. The molecule has 8 heteroatoms. The minimum Gasteiger partial charge on any atom is -0.353 e. The van der Waals surface area contributed by atoms with Crippen molar-refractivity contribution in [2.24, 2.45) is 4.99 Å². The van der Waals surface area contributed by atoms with Crippen LogP contribution in [0.5, 0.6) is 0 Å². The van der Waals surface area contributed by atoms with Gasteiger partial charge >= 0.3 is 0 Å². The lowest BCUT2D eigenvalue weighted by Gasteiger charge is -2.09. The van der Waals surface area contributed by atoms with E-state index in [-0.39, 0.29) is 0 Å². The van der Waals surface area contributed by atoms with Crippen LogP contribution in [0.1, 0.15) is 4.88 Å². The van der Waals surface area contributed by atoms with E-state index in [1.165, 1.54) is 29.7 Å². The van der Waals surface area contributed by atoms with Crippen LogP contribution in [0.15, 0.2) is 34.0 Å². The number of nitrogens with zero attached hydrogens (tertiary/aromatic N) is 2. The Bertz CT molecular complexity index is 576. The van der Waals surface area contributed by atoms with E-state index in [9.17, 15) is 8.42 Å². The molecular formula is C12H20N4O2S2. The Kier molecular flexibility index (Phi) is 6.18. The molecule has 0 amide bonds. The fourth-order valence-electron chi connectivity index (χ4n) is 1.33. The fourth-order valence-corrected chi connectivity index (χ4v) is 3.80. The molecule has 1 aromatic rings. The number of rotatable bonds is 6. The minimum absolute atomic E-state index is 0.341. The van der Waals surface area contributed by atoms with E-state index < -0.39 is 10.0 Å². The predicted molar refractivity (Wildman–Crippen MR) is 83.6 cm³/mol. The highest BCUT2D eigenvalue weighted by molar-refractivity contribution is 7.91. The molecule has 0 unspecified atom stereocenters. The van der Waals surface area contributed by atoms with Gasteiger partial charge in [0, 0.05) is 32.6 Å².